The van der Waals surface area contributed by atoms with Gasteiger partial charge in [-0.05, 0) is 24.8 Å². The van der Waals surface area contributed by atoms with Crippen molar-refractivity contribution in [2.45, 2.75) is 25.7 Å². The second kappa shape index (κ2) is 6.41. The molecule has 1 aromatic carbocycles. The Bertz CT molecular complexity index is 487. The van der Waals surface area contributed by atoms with E-state index in [1.54, 1.807) is 4.90 Å². The molecule has 0 radical (unpaired) electrons. The van der Waals surface area contributed by atoms with Crippen LogP contribution in [0.3, 0.4) is 0 Å². The summed E-state index contributed by atoms with van der Waals surface area (Å²) in [6.45, 7) is 3.10. The molecule has 0 heterocycles. The maximum absolute atomic E-state index is 12.4. The number of hydrogen-bond donors (Lipinski definition) is 2. The molecule has 3 N–H and O–H groups in total. The molecule has 0 aromatic heterocycles. The van der Waals surface area contributed by atoms with E-state index in [0.717, 1.165) is 6.42 Å². The average Bonchev–Trinajstić information content (AvgIpc) is 3.28. The normalized spacial score (nSPS) is 21.6. The number of hydrogen-bond acceptors (Lipinski definition) is 3. The minimum absolute atomic E-state index is 0.0876. The monoisotopic (exact) mass is 275 g/mol. The molecule has 0 aliphatic heterocycles. The second-order valence-electron chi connectivity index (χ2n) is 5.12. The van der Waals surface area contributed by atoms with Crippen molar-refractivity contribution in [2.75, 3.05) is 13.1 Å². The number of amidine groups is 1. The van der Waals surface area contributed by atoms with Crippen molar-refractivity contribution >= 4 is 11.7 Å². The van der Waals surface area contributed by atoms with E-state index in [1.165, 1.54) is 5.56 Å². The summed E-state index contributed by atoms with van der Waals surface area (Å²) in [6.07, 6.45) is 1.32. The molecule has 0 spiro atoms. The highest BCUT2D eigenvalue weighted by Gasteiger charge is 2.45. The zero-order chi connectivity index (χ0) is 14.5. The van der Waals surface area contributed by atoms with Gasteiger partial charge < -0.3 is 15.8 Å². The van der Waals surface area contributed by atoms with Crippen LogP contribution < -0.4 is 5.73 Å². The van der Waals surface area contributed by atoms with Gasteiger partial charge in [0.1, 0.15) is 5.84 Å². The van der Waals surface area contributed by atoms with Gasteiger partial charge in [0, 0.05) is 25.4 Å². The summed E-state index contributed by atoms with van der Waals surface area (Å²) < 4.78 is 0. The van der Waals surface area contributed by atoms with Gasteiger partial charge in [0.05, 0.1) is 0 Å². The fourth-order valence-corrected chi connectivity index (χ4v) is 2.49. The lowest BCUT2D eigenvalue weighted by atomic mass is 10.1. The smallest absolute Gasteiger partial charge is 0.226 e. The van der Waals surface area contributed by atoms with E-state index in [4.69, 9.17) is 10.9 Å². The largest absolute Gasteiger partial charge is 0.409 e. The van der Waals surface area contributed by atoms with E-state index in [2.05, 4.69) is 17.3 Å². The summed E-state index contributed by atoms with van der Waals surface area (Å²) in [5, 5.41) is 11.5. The van der Waals surface area contributed by atoms with E-state index in [-0.39, 0.29) is 17.7 Å². The summed E-state index contributed by atoms with van der Waals surface area (Å²) >= 11 is 0. The lowest BCUT2D eigenvalue weighted by Gasteiger charge is -2.20. The van der Waals surface area contributed by atoms with E-state index < -0.39 is 0 Å². The Morgan fingerprint density at radius 3 is 2.75 bits per heavy atom. The Balaban J connectivity index is 1.91. The standard InChI is InChI=1S/C15H21N3O2/c1-2-18(9-8-14(16)17-20)15(19)13-10-12(13)11-6-4-3-5-7-11/h3-7,12-13,20H,2,8-10H2,1H3,(H2,16,17). The van der Waals surface area contributed by atoms with Crippen LogP contribution in [0.2, 0.25) is 0 Å². The molecular formula is C15H21N3O2. The Morgan fingerprint density at radius 1 is 1.45 bits per heavy atom. The van der Waals surface area contributed by atoms with Crippen molar-refractivity contribution in [3.8, 4) is 0 Å². The van der Waals surface area contributed by atoms with Crippen molar-refractivity contribution in [3.63, 3.8) is 0 Å². The third kappa shape index (κ3) is 3.29. The van der Waals surface area contributed by atoms with Crippen LogP contribution in [-0.2, 0) is 4.79 Å². The van der Waals surface area contributed by atoms with E-state index >= 15 is 0 Å². The third-order valence-electron chi connectivity index (χ3n) is 3.80. The number of amides is 1. The van der Waals surface area contributed by atoms with Crippen molar-refractivity contribution in [1.82, 2.24) is 4.90 Å². The summed E-state index contributed by atoms with van der Waals surface area (Å²) in [4.78, 5) is 14.2. The highest BCUT2D eigenvalue weighted by atomic mass is 16.4. The maximum Gasteiger partial charge on any atom is 0.226 e. The van der Waals surface area contributed by atoms with Gasteiger partial charge >= 0.3 is 0 Å². The molecule has 0 bridgehead atoms. The maximum atomic E-state index is 12.4. The minimum Gasteiger partial charge on any atom is -0.409 e. The van der Waals surface area contributed by atoms with Gasteiger partial charge in [-0.15, -0.1) is 0 Å². The van der Waals surface area contributed by atoms with Crippen molar-refractivity contribution in [3.05, 3.63) is 35.9 Å². The SMILES string of the molecule is CCN(CC/C(N)=N/O)C(=O)C1CC1c1ccccc1. The molecule has 1 saturated carbocycles. The Hall–Kier alpha value is -2.04. The van der Waals surface area contributed by atoms with Crippen molar-refractivity contribution in [1.29, 1.82) is 0 Å². The highest BCUT2D eigenvalue weighted by Crippen LogP contribution is 2.48. The molecule has 5 nitrogen and oxygen atoms in total. The molecule has 0 saturated heterocycles. The zero-order valence-corrected chi connectivity index (χ0v) is 11.7. The van der Waals surface area contributed by atoms with Crippen LogP contribution in [0.15, 0.2) is 35.5 Å². The van der Waals surface area contributed by atoms with Gasteiger partial charge in [0.2, 0.25) is 5.91 Å². The van der Waals surface area contributed by atoms with Crippen molar-refractivity contribution < 1.29 is 10.0 Å². The zero-order valence-electron chi connectivity index (χ0n) is 11.7. The van der Waals surface area contributed by atoms with E-state index in [1.807, 2.05) is 25.1 Å². The summed E-state index contributed by atoms with van der Waals surface area (Å²) in [6, 6.07) is 10.1. The van der Waals surface area contributed by atoms with E-state index in [9.17, 15) is 4.79 Å². The lowest BCUT2D eigenvalue weighted by Crippen LogP contribution is -2.35. The fourth-order valence-electron chi connectivity index (χ4n) is 2.49. The van der Waals surface area contributed by atoms with Crippen LogP contribution >= 0.6 is 0 Å². The topological polar surface area (TPSA) is 78.9 Å². The van der Waals surface area contributed by atoms with Gasteiger partial charge in [-0.2, -0.15) is 0 Å². The van der Waals surface area contributed by atoms with Gasteiger partial charge in [-0.3, -0.25) is 4.79 Å². The number of benzene rings is 1. The molecule has 1 fully saturated rings. The Kier molecular flexibility index (Phi) is 4.61. The van der Waals surface area contributed by atoms with Crippen molar-refractivity contribution in [2.24, 2.45) is 16.8 Å². The molecule has 1 aliphatic rings. The molecule has 1 aliphatic carbocycles. The number of oxime groups is 1. The first-order valence-electron chi connectivity index (χ1n) is 6.97. The highest BCUT2D eigenvalue weighted by molar-refractivity contribution is 5.84. The first kappa shape index (κ1) is 14.4. The number of nitrogens with two attached hydrogens (primary N) is 1. The Morgan fingerprint density at radius 2 is 2.15 bits per heavy atom. The van der Waals surface area contributed by atoms with Crippen LogP contribution in [0.1, 0.15) is 31.2 Å². The molecule has 1 aromatic rings. The van der Waals surface area contributed by atoms with Crippen LogP contribution in [-0.4, -0.2) is 34.9 Å². The quantitative estimate of drug-likeness (QED) is 0.359. The van der Waals surface area contributed by atoms with Crippen LogP contribution in [0.4, 0.5) is 0 Å². The molecular weight excluding hydrogens is 254 g/mol. The van der Waals surface area contributed by atoms with Gasteiger partial charge in [-0.1, -0.05) is 35.5 Å². The number of nitrogens with zero attached hydrogens (tertiary/aromatic N) is 2. The van der Waals surface area contributed by atoms with E-state index in [0.29, 0.717) is 25.4 Å². The lowest BCUT2D eigenvalue weighted by molar-refractivity contribution is -0.132. The molecule has 5 heteroatoms. The fraction of sp³-hybridized carbons (Fsp3) is 0.467. The molecule has 1 amide bonds. The molecule has 20 heavy (non-hydrogen) atoms. The van der Waals surface area contributed by atoms with Gasteiger partial charge in [0.25, 0.3) is 0 Å². The summed E-state index contributed by atoms with van der Waals surface area (Å²) in [5.41, 5.74) is 6.68. The predicted octanol–water partition coefficient (Wildman–Crippen LogP) is 1.78. The minimum atomic E-state index is 0.0876. The molecule has 2 rings (SSSR count). The average molecular weight is 275 g/mol. The summed E-state index contributed by atoms with van der Waals surface area (Å²) in [7, 11) is 0. The van der Waals surface area contributed by atoms with Crippen LogP contribution in [0.5, 0.6) is 0 Å². The van der Waals surface area contributed by atoms with Crippen LogP contribution in [0, 0.1) is 5.92 Å². The van der Waals surface area contributed by atoms with Gasteiger partial charge in [0.15, 0.2) is 0 Å². The number of carbonyl (C=O) groups excluding carboxylic acids is 1. The second-order valence-corrected chi connectivity index (χ2v) is 5.12. The molecule has 2 atom stereocenters. The predicted molar refractivity (Wildman–Crippen MR) is 77.6 cm³/mol. The van der Waals surface area contributed by atoms with Gasteiger partial charge in [-0.25, -0.2) is 0 Å². The van der Waals surface area contributed by atoms with Crippen LogP contribution in [0.25, 0.3) is 0 Å². The first-order valence-corrected chi connectivity index (χ1v) is 6.97. The first-order chi connectivity index (χ1) is 9.67. The molecule has 2 unspecified atom stereocenters. The number of carbonyl (C=O) groups is 1. The Labute approximate surface area is 119 Å². The summed E-state index contributed by atoms with van der Waals surface area (Å²) in [5.74, 6) is 0.769. The molecule has 108 valence electrons. The third-order valence-corrected chi connectivity index (χ3v) is 3.80. The number of rotatable bonds is 6.